The van der Waals surface area contributed by atoms with Gasteiger partial charge in [-0.3, -0.25) is 0 Å². The van der Waals surface area contributed by atoms with Crippen molar-refractivity contribution in [2.45, 2.75) is 13.5 Å². The Labute approximate surface area is 91.1 Å². The smallest absolute Gasteiger partial charge is 0.149 e. The lowest BCUT2D eigenvalue weighted by molar-refractivity contribution is 0.414. The SMILES string of the molecule is Cc1nocc1CNc1ccc(F)cc1F. The molecule has 2 rings (SSSR count). The van der Waals surface area contributed by atoms with Crippen LogP contribution >= 0.6 is 0 Å². The molecule has 0 atom stereocenters. The van der Waals surface area contributed by atoms with E-state index in [9.17, 15) is 8.78 Å². The van der Waals surface area contributed by atoms with Crippen molar-refractivity contribution in [2.75, 3.05) is 5.32 Å². The fourth-order valence-electron chi connectivity index (χ4n) is 1.31. The van der Waals surface area contributed by atoms with Crippen LogP contribution in [0, 0.1) is 18.6 Å². The summed E-state index contributed by atoms with van der Waals surface area (Å²) >= 11 is 0. The molecule has 1 N–H and O–H groups in total. The van der Waals surface area contributed by atoms with Gasteiger partial charge in [0, 0.05) is 18.2 Å². The molecule has 0 bridgehead atoms. The Hall–Kier alpha value is -1.91. The van der Waals surface area contributed by atoms with Gasteiger partial charge in [-0.05, 0) is 19.1 Å². The molecule has 2 aromatic rings. The minimum Gasteiger partial charge on any atom is -0.378 e. The number of anilines is 1. The maximum atomic E-state index is 13.2. The van der Waals surface area contributed by atoms with Crippen LogP contribution in [0.4, 0.5) is 14.5 Å². The molecule has 0 aliphatic heterocycles. The standard InChI is InChI=1S/C11H10F2N2O/c1-7-8(6-16-15-7)5-14-11-3-2-9(12)4-10(11)13/h2-4,6,14H,5H2,1H3. The second kappa shape index (κ2) is 4.30. The van der Waals surface area contributed by atoms with E-state index in [1.54, 1.807) is 6.92 Å². The van der Waals surface area contributed by atoms with Gasteiger partial charge in [0.15, 0.2) is 0 Å². The van der Waals surface area contributed by atoms with E-state index in [1.165, 1.54) is 18.4 Å². The molecule has 16 heavy (non-hydrogen) atoms. The summed E-state index contributed by atoms with van der Waals surface area (Å²) in [6.07, 6.45) is 1.49. The zero-order valence-corrected chi connectivity index (χ0v) is 8.63. The lowest BCUT2D eigenvalue weighted by Crippen LogP contribution is -2.02. The average molecular weight is 224 g/mol. The molecule has 1 heterocycles. The van der Waals surface area contributed by atoms with Gasteiger partial charge in [0.1, 0.15) is 17.9 Å². The molecule has 0 amide bonds. The number of nitrogens with zero attached hydrogens (tertiary/aromatic N) is 1. The zero-order chi connectivity index (χ0) is 11.5. The van der Waals surface area contributed by atoms with Gasteiger partial charge in [0.25, 0.3) is 0 Å². The molecule has 3 nitrogen and oxygen atoms in total. The molecule has 0 saturated heterocycles. The second-order valence-electron chi connectivity index (χ2n) is 3.40. The van der Waals surface area contributed by atoms with Crippen LogP contribution in [0.2, 0.25) is 0 Å². The molecule has 84 valence electrons. The number of aromatic nitrogens is 1. The summed E-state index contributed by atoms with van der Waals surface area (Å²) in [4.78, 5) is 0. The largest absolute Gasteiger partial charge is 0.378 e. The predicted molar refractivity (Wildman–Crippen MR) is 54.9 cm³/mol. The fourth-order valence-corrected chi connectivity index (χ4v) is 1.31. The van der Waals surface area contributed by atoms with E-state index in [0.29, 0.717) is 6.54 Å². The van der Waals surface area contributed by atoms with E-state index in [1.807, 2.05) is 0 Å². The van der Waals surface area contributed by atoms with Crippen molar-refractivity contribution in [1.82, 2.24) is 5.16 Å². The molecule has 0 unspecified atom stereocenters. The molecule has 5 heteroatoms. The first-order valence-corrected chi connectivity index (χ1v) is 4.75. The summed E-state index contributed by atoms with van der Waals surface area (Å²) in [7, 11) is 0. The highest BCUT2D eigenvalue weighted by Gasteiger charge is 2.06. The van der Waals surface area contributed by atoms with Crippen LogP contribution in [-0.2, 0) is 6.54 Å². The van der Waals surface area contributed by atoms with E-state index < -0.39 is 11.6 Å². The molecule has 0 fully saturated rings. The molecule has 0 radical (unpaired) electrons. The third kappa shape index (κ3) is 2.18. The number of hydrogen-bond donors (Lipinski definition) is 1. The summed E-state index contributed by atoms with van der Waals surface area (Å²) in [6.45, 7) is 2.18. The Kier molecular flexibility index (Phi) is 2.85. The van der Waals surface area contributed by atoms with Crippen LogP contribution < -0.4 is 5.32 Å². The van der Waals surface area contributed by atoms with Crippen LogP contribution in [0.15, 0.2) is 29.0 Å². The van der Waals surface area contributed by atoms with Crippen LogP contribution in [0.5, 0.6) is 0 Å². The van der Waals surface area contributed by atoms with Gasteiger partial charge >= 0.3 is 0 Å². The van der Waals surface area contributed by atoms with E-state index in [0.717, 1.165) is 17.3 Å². The Bertz CT molecular complexity index is 496. The van der Waals surface area contributed by atoms with E-state index >= 15 is 0 Å². The number of halogens is 2. The van der Waals surface area contributed by atoms with Crippen molar-refractivity contribution in [3.05, 3.63) is 47.4 Å². The van der Waals surface area contributed by atoms with Crippen molar-refractivity contribution < 1.29 is 13.3 Å². The molecule has 1 aromatic carbocycles. The second-order valence-corrected chi connectivity index (χ2v) is 3.40. The van der Waals surface area contributed by atoms with Gasteiger partial charge in [-0.1, -0.05) is 5.16 Å². The molecular formula is C11H10F2N2O. The number of benzene rings is 1. The first kappa shape index (κ1) is 10.6. The third-order valence-corrected chi connectivity index (χ3v) is 2.25. The number of aryl methyl sites for hydroxylation is 1. The quantitative estimate of drug-likeness (QED) is 0.871. The van der Waals surface area contributed by atoms with Gasteiger partial charge < -0.3 is 9.84 Å². The molecule has 0 saturated carbocycles. The molecule has 0 aliphatic carbocycles. The molecule has 0 aliphatic rings. The number of hydrogen-bond acceptors (Lipinski definition) is 3. The van der Waals surface area contributed by atoms with Crippen LogP contribution in [-0.4, -0.2) is 5.16 Å². The van der Waals surface area contributed by atoms with Crippen LogP contribution in [0.1, 0.15) is 11.3 Å². The summed E-state index contributed by atoms with van der Waals surface area (Å²) in [5.41, 5.74) is 1.83. The van der Waals surface area contributed by atoms with Gasteiger partial charge in [0.2, 0.25) is 0 Å². The van der Waals surface area contributed by atoms with E-state index in [-0.39, 0.29) is 5.69 Å². The van der Waals surface area contributed by atoms with Crippen molar-refractivity contribution >= 4 is 5.69 Å². The van der Waals surface area contributed by atoms with Gasteiger partial charge in [-0.15, -0.1) is 0 Å². The monoisotopic (exact) mass is 224 g/mol. The normalized spacial score (nSPS) is 10.4. The Morgan fingerprint density at radius 2 is 2.19 bits per heavy atom. The topological polar surface area (TPSA) is 38.1 Å². The summed E-state index contributed by atoms with van der Waals surface area (Å²) in [6, 6.07) is 3.39. The summed E-state index contributed by atoms with van der Waals surface area (Å²) < 4.78 is 30.6. The Balaban J connectivity index is 2.08. The Morgan fingerprint density at radius 1 is 1.38 bits per heavy atom. The van der Waals surface area contributed by atoms with Crippen molar-refractivity contribution in [3.8, 4) is 0 Å². The summed E-state index contributed by atoms with van der Waals surface area (Å²) in [5.74, 6) is -1.21. The maximum Gasteiger partial charge on any atom is 0.149 e. The predicted octanol–water partition coefficient (Wildman–Crippen LogP) is 2.87. The van der Waals surface area contributed by atoms with E-state index in [4.69, 9.17) is 4.52 Å². The minimum atomic E-state index is -0.617. The van der Waals surface area contributed by atoms with Crippen LogP contribution in [0.25, 0.3) is 0 Å². The van der Waals surface area contributed by atoms with Gasteiger partial charge in [-0.25, -0.2) is 8.78 Å². The lowest BCUT2D eigenvalue weighted by atomic mass is 10.2. The molecule has 0 spiro atoms. The van der Waals surface area contributed by atoms with Crippen molar-refractivity contribution in [1.29, 1.82) is 0 Å². The maximum absolute atomic E-state index is 13.2. The number of rotatable bonds is 3. The number of nitrogens with one attached hydrogen (secondary N) is 1. The zero-order valence-electron chi connectivity index (χ0n) is 8.63. The highest BCUT2D eigenvalue weighted by Crippen LogP contribution is 2.16. The molecule has 1 aromatic heterocycles. The first-order valence-electron chi connectivity index (χ1n) is 4.75. The van der Waals surface area contributed by atoms with Crippen molar-refractivity contribution in [2.24, 2.45) is 0 Å². The fraction of sp³-hybridized carbons (Fsp3) is 0.182. The first-order chi connectivity index (χ1) is 7.66. The summed E-state index contributed by atoms with van der Waals surface area (Å²) in [5, 5.41) is 6.54. The third-order valence-electron chi connectivity index (χ3n) is 2.25. The van der Waals surface area contributed by atoms with Crippen LogP contribution in [0.3, 0.4) is 0 Å². The van der Waals surface area contributed by atoms with Gasteiger partial charge in [0.05, 0.1) is 11.4 Å². The Morgan fingerprint density at radius 3 is 2.81 bits per heavy atom. The van der Waals surface area contributed by atoms with E-state index in [2.05, 4.69) is 10.5 Å². The highest BCUT2D eigenvalue weighted by molar-refractivity contribution is 5.45. The van der Waals surface area contributed by atoms with Gasteiger partial charge in [-0.2, -0.15) is 0 Å². The molecular weight excluding hydrogens is 214 g/mol. The minimum absolute atomic E-state index is 0.252. The average Bonchev–Trinajstić information content (AvgIpc) is 2.63. The highest BCUT2D eigenvalue weighted by atomic mass is 19.1. The lowest BCUT2D eigenvalue weighted by Gasteiger charge is -2.06. The van der Waals surface area contributed by atoms with Crippen molar-refractivity contribution in [3.63, 3.8) is 0 Å².